The van der Waals surface area contributed by atoms with Crippen molar-refractivity contribution in [3.05, 3.63) is 46.5 Å². The van der Waals surface area contributed by atoms with Crippen LogP contribution in [0.5, 0.6) is 0 Å². The van der Waals surface area contributed by atoms with Crippen molar-refractivity contribution in [3.8, 4) is 11.8 Å². The minimum Gasteiger partial charge on any atom is -0.313 e. The molecule has 1 aromatic heterocycles. The summed E-state index contributed by atoms with van der Waals surface area (Å²) in [7, 11) is 1.91. The zero-order valence-electron chi connectivity index (χ0n) is 10.2. The number of benzene rings is 1. The molecule has 1 unspecified atom stereocenters. The van der Waals surface area contributed by atoms with Gasteiger partial charge in [0, 0.05) is 22.9 Å². The van der Waals surface area contributed by atoms with Crippen LogP contribution in [0.3, 0.4) is 0 Å². The first-order chi connectivity index (χ1) is 8.67. The Balaban J connectivity index is 2.61. The van der Waals surface area contributed by atoms with Gasteiger partial charge in [0.05, 0.1) is 5.69 Å². The molecular formula is C13H13BrN4. The Morgan fingerprint density at radius 3 is 2.94 bits per heavy atom. The van der Waals surface area contributed by atoms with E-state index in [1.807, 2.05) is 19.2 Å². The van der Waals surface area contributed by atoms with Crippen LogP contribution < -0.4 is 5.32 Å². The minimum atomic E-state index is 0.187. The maximum Gasteiger partial charge on any atom is 0.217 e. The Morgan fingerprint density at radius 2 is 2.28 bits per heavy atom. The van der Waals surface area contributed by atoms with E-state index in [9.17, 15) is 0 Å². The van der Waals surface area contributed by atoms with E-state index in [2.05, 4.69) is 45.3 Å². The first-order valence-electron chi connectivity index (χ1n) is 5.58. The molecule has 0 bridgehead atoms. The fraction of sp³-hybridized carbons (Fsp3) is 0.231. The van der Waals surface area contributed by atoms with Gasteiger partial charge >= 0.3 is 0 Å². The Labute approximate surface area is 114 Å². The summed E-state index contributed by atoms with van der Waals surface area (Å²) in [5.41, 5.74) is 2.08. The van der Waals surface area contributed by atoms with Gasteiger partial charge < -0.3 is 5.32 Å². The highest BCUT2D eigenvalue weighted by molar-refractivity contribution is 9.10. The number of hydrogen-bond donors (Lipinski definition) is 1. The zero-order valence-corrected chi connectivity index (χ0v) is 11.8. The Bertz CT molecular complexity index is 597. The van der Waals surface area contributed by atoms with Gasteiger partial charge in [-0.25, -0.2) is 4.98 Å². The van der Waals surface area contributed by atoms with Gasteiger partial charge in [-0.05, 0) is 37.7 Å². The number of nitrogens with one attached hydrogen (secondary N) is 1. The number of rotatable bonds is 3. The highest BCUT2D eigenvalue weighted by Gasteiger charge is 2.13. The van der Waals surface area contributed by atoms with Gasteiger partial charge in [0.1, 0.15) is 6.07 Å². The second-order valence-electron chi connectivity index (χ2n) is 3.95. The lowest BCUT2D eigenvalue weighted by Gasteiger charge is -2.17. The molecule has 1 aromatic carbocycles. The molecule has 2 rings (SSSR count). The van der Waals surface area contributed by atoms with Crippen LogP contribution >= 0.6 is 15.9 Å². The molecule has 0 amide bonds. The summed E-state index contributed by atoms with van der Waals surface area (Å²) in [4.78, 5) is 4.03. The monoisotopic (exact) mass is 304 g/mol. The molecule has 0 aliphatic carbocycles. The minimum absolute atomic E-state index is 0.187. The van der Waals surface area contributed by atoms with Crippen LogP contribution in [0.25, 0.3) is 5.69 Å². The van der Waals surface area contributed by atoms with Crippen molar-refractivity contribution in [3.63, 3.8) is 0 Å². The number of nitriles is 1. The van der Waals surface area contributed by atoms with Crippen LogP contribution in [-0.2, 0) is 0 Å². The quantitative estimate of drug-likeness (QED) is 0.948. The summed E-state index contributed by atoms with van der Waals surface area (Å²) in [5, 5.41) is 12.3. The molecule has 0 spiro atoms. The number of halogens is 1. The molecule has 0 aliphatic rings. The van der Waals surface area contributed by atoms with Crippen LogP contribution in [0.4, 0.5) is 0 Å². The van der Waals surface area contributed by atoms with Gasteiger partial charge in [0.15, 0.2) is 0 Å². The van der Waals surface area contributed by atoms with Crippen LogP contribution in [0.15, 0.2) is 35.1 Å². The van der Waals surface area contributed by atoms with Crippen molar-refractivity contribution in [2.24, 2.45) is 0 Å². The lowest BCUT2D eigenvalue weighted by Crippen LogP contribution is -2.15. The third kappa shape index (κ3) is 2.30. The maximum absolute atomic E-state index is 9.05. The largest absolute Gasteiger partial charge is 0.313 e. The molecule has 92 valence electrons. The van der Waals surface area contributed by atoms with Gasteiger partial charge in [0.2, 0.25) is 5.82 Å². The third-order valence-corrected chi connectivity index (χ3v) is 3.38. The molecule has 1 heterocycles. The van der Waals surface area contributed by atoms with Gasteiger partial charge in [-0.2, -0.15) is 5.26 Å². The van der Waals surface area contributed by atoms with E-state index in [0.717, 1.165) is 15.7 Å². The van der Waals surface area contributed by atoms with Crippen LogP contribution in [0.1, 0.15) is 24.4 Å². The molecule has 5 heteroatoms. The van der Waals surface area contributed by atoms with Crippen molar-refractivity contribution in [2.75, 3.05) is 7.05 Å². The average molecular weight is 305 g/mol. The predicted molar refractivity (Wildman–Crippen MR) is 73.5 cm³/mol. The summed E-state index contributed by atoms with van der Waals surface area (Å²) in [6.07, 6.45) is 3.43. The van der Waals surface area contributed by atoms with E-state index in [1.54, 1.807) is 17.0 Å². The van der Waals surface area contributed by atoms with Crippen molar-refractivity contribution < 1.29 is 0 Å². The standard InChI is InChI=1S/C13H13BrN4/c1-9(16-2)11-7-10(14)3-4-12(11)18-6-5-17-13(18)8-15/h3-7,9,16H,1-2H3. The molecule has 4 nitrogen and oxygen atoms in total. The first-order valence-corrected chi connectivity index (χ1v) is 6.37. The fourth-order valence-electron chi connectivity index (χ4n) is 1.83. The molecule has 0 aliphatic heterocycles. The topological polar surface area (TPSA) is 53.6 Å². The van der Waals surface area contributed by atoms with Crippen molar-refractivity contribution in [1.29, 1.82) is 5.26 Å². The molecule has 0 saturated carbocycles. The smallest absolute Gasteiger partial charge is 0.217 e. The molecule has 0 radical (unpaired) electrons. The van der Waals surface area contributed by atoms with Crippen LogP contribution in [0, 0.1) is 11.3 Å². The molecule has 0 fully saturated rings. The summed E-state index contributed by atoms with van der Waals surface area (Å²) in [6, 6.07) is 8.27. The van der Waals surface area contributed by atoms with E-state index in [-0.39, 0.29) is 6.04 Å². The van der Waals surface area contributed by atoms with E-state index in [0.29, 0.717) is 5.82 Å². The fourth-order valence-corrected chi connectivity index (χ4v) is 2.21. The predicted octanol–water partition coefficient (Wildman–Crippen LogP) is 2.79. The molecule has 18 heavy (non-hydrogen) atoms. The Kier molecular flexibility index (Phi) is 3.80. The molecular weight excluding hydrogens is 292 g/mol. The summed E-state index contributed by atoms with van der Waals surface area (Å²) >= 11 is 3.48. The molecule has 0 saturated heterocycles. The average Bonchev–Trinajstić information content (AvgIpc) is 2.85. The van der Waals surface area contributed by atoms with Crippen molar-refractivity contribution >= 4 is 15.9 Å². The van der Waals surface area contributed by atoms with Crippen molar-refractivity contribution in [2.45, 2.75) is 13.0 Å². The van der Waals surface area contributed by atoms with E-state index < -0.39 is 0 Å². The zero-order chi connectivity index (χ0) is 13.1. The number of aromatic nitrogens is 2. The maximum atomic E-state index is 9.05. The molecule has 2 aromatic rings. The van der Waals surface area contributed by atoms with E-state index in [4.69, 9.17) is 5.26 Å². The normalized spacial score (nSPS) is 12.1. The van der Waals surface area contributed by atoms with Gasteiger partial charge in [-0.15, -0.1) is 0 Å². The lowest BCUT2D eigenvalue weighted by atomic mass is 10.1. The SMILES string of the molecule is CNC(C)c1cc(Br)ccc1-n1ccnc1C#N. The molecule has 1 N–H and O–H groups in total. The van der Waals surface area contributed by atoms with E-state index >= 15 is 0 Å². The Hall–Kier alpha value is -1.64. The number of nitrogens with zero attached hydrogens (tertiary/aromatic N) is 3. The van der Waals surface area contributed by atoms with Crippen LogP contribution in [-0.4, -0.2) is 16.6 Å². The third-order valence-electron chi connectivity index (χ3n) is 2.89. The first kappa shape index (κ1) is 12.8. The number of imidazole rings is 1. The summed E-state index contributed by atoms with van der Waals surface area (Å²) in [6.45, 7) is 2.08. The van der Waals surface area contributed by atoms with Crippen LogP contribution in [0.2, 0.25) is 0 Å². The van der Waals surface area contributed by atoms with Gasteiger partial charge in [-0.3, -0.25) is 4.57 Å². The number of hydrogen-bond acceptors (Lipinski definition) is 3. The van der Waals surface area contributed by atoms with Gasteiger partial charge in [0.25, 0.3) is 0 Å². The highest BCUT2D eigenvalue weighted by Crippen LogP contribution is 2.26. The van der Waals surface area contributed by atoms with E-state index in [1.165, 1.54) is 0 Å². The van der Waals surface area contributed by atoms with Crippen molar-refractivity contribution in [1.82, 2.24) is 14.9 Å². The second-order valence-corrected chi connectivity index (χ2v) is 4.86. The summed E-state index contributed by atoms with van der Waals surface area (Å²) < 4.78 is 2.82. The second kappa shape index (κ2) is 5.34. The lowest BCUT2D eigenvalue weighted by molar-refractivity contribution is 0.647. The van der Waals surface area contributed by atoms with Gasteiger partial charge in [-0.1, -0.05) is 15.9 Å². The highest BCUT2D eigenvalue weighted by atomic mass is 79.9. The Morgan fingerprint density at radius 1 is 1.50 bits per heavy atom. The summed E-state index contributed by atoms with van der Waals surface area (Å²) in [5.74, 6) is 0.391. The molecule has 1 atom stereocenters.